The summed E-state index contributed by atoms with van der Waals surface area (Å²) in [5.74, 6) is 0. The Morgan fingerprint density at radius 2 is 1.84 bits per heavy atom. The summed E-state index contributed by atoms with van der Waals surface area (Å²) in [6.07, 6.45) is 1.91. The van der Waals surface area contributed by atoms with E-state index in [2.05, 4.69) is 4.98 Å². The highest BCUT2D eigenvalue weighted by atomic mass is 35.5. The van der Waals surface area contributed by atoms with Crippen molar-refractivity contribution >= 4 is 28.8 Å². The first-order chi connectivity index (χ1) is 9.20. The summed E-state index contributed by atoms with van der Waals surface area (Å²) in [7, 11) is 0. The van der Waals surface area contributed by atoms with Gasteiger partial charge in [-0.2, -0.15) is 0 Å². The molecule has 0 atom stereocenters. The summed E-state index contributed by atoms with van der Waals surface area (Å²) in [6.45, 7) is 0.388. The fraction of sp³-hybridized carbons (Fsp3) is 0.0714. The van der Waals surface area contributed by atoms with E-state index in [-0.39, 0.29) is 0 Å². The average molecular weight is 292 g/mol. The van der Waals surface area contributed by atoms with Gasteiger partial charge >= 0.3 is 0 Å². The van der Waals surface area contributed by atoms with Crippen LogP contribution in [0.15, 0.2) is 42.6 Å². The highest BCUT2D eigenvalue weighted by molar-refractivity contribution is 6.33. The van der Waals surface area contributed by atoms with Gasteiger partial charge in [0.25, 0.3) is 0 Å². The van der Waals surface area contributed by atoms with Crippen LogP contribution in [0.25, 0.3) is 16.9 Å². The van der Waals surface area contributed by atoms with Gasteiger partial charge in [0.05, 0.1) is 16.4 Å². The molecular weight excluding hydrogens is 281 g/mol. The Kier molecular flexibility index (Phi) is 3.19. The molecular formula is C14H11Cl2N3. The molecule has 0 aliphatic heterocycles. The van der Waals surface area contributed by atoms with Crippen molar-refractivity contribution in [1.29, 1.82) is 0 Å². The summed E-state index contributed by atoms with van der Waals surface area (Å²) in [5, 5.41) is 1.30. The standard InChI is InChI=1S/C14H11Cl2N3/c15-10-5-3-9(4-6-10)13-12(8-17)19-7-1-2-11(16)14(19)18-13/h1-7H,8,17H2. The molecule has 0 bridgehead atoms. The predicted molar refractivity (Wildman–Crippen MR) is 78.5 cm³/mol. The predicted octanol–water partition coefficient (Wildman–Crippen LogP) is 3.77. The van der Waals surface area contributed by atoms with E-state index in [1.54, 1.807) is 0 Å². The Morgan fingerprint density at radius 1 is 1.11 bits per heavy atom. The summed E-state index contributed by atoms with van der Waals surface area (Å²) in [5.41, 5.74) is 9.31. The van der Waals surface area contributed by atoms with Gasteiger partial charge in [0.1, 0.15) is 0 Å². The van der Waals surface area contributed by atoms with E-state index in [0.29, 0.717) is 16.6 Å². The molecule has 19 heavy (non-hydrogen) atoms. The van der Waals surface area contributed by atoms with E-state index < -0.39 is 0 Å². The largest absolute Gasteiger partial charge is 0.325 e. The fourth-order valence-electron chi connectivity index (χ4n) is 2.12. The molecule has 2 N–H and O–H groups in total. The molecule has 0 amide bonds. The monoisotopic (exact) mass is 291 g/mol. The average Bonchev–Trinajstić information content (AvgIpc) is 2.79. The third-order valence-corrected chi connectivity index (χ3v) is 3.56. The highest BCUT2D eigenvalue weighted by Gasteiger charge is 2.14. The second-order valence-corrected chi connectivity index (χ2v) is 5.01. The van der Waals surface area contributed by atoms with E-state index in [9.17, 15) is 0 Å². The summed E-state index contributed by atoms with van der Waals surface area (Å²) in [6, 6.07) is 11.2. The van der Waals surface area contributed by atoms with Crippen molar-refractivity contribution in [3.05, 3.63) is 58.3 Å². The number of halogens is 2. The van der Waals surface area contributed by atoms with Crippen LogP contribution >= 0.6 is 23.2 Å². The topological polar surface area (TPSA) is 43.3 Å². The molecule has 96 valence electrons. The highest BCUT2D eigenvalue weighted by Crippen LogP contribution is 2.28. The number of nitrogens with two attached hydrogens (primary N) is 1. The number of rotatable bonds is 2. The SMILES string of the molecule is NCc1c(-c2ccc(Cl)cc2)nc2c(Cl)cccn12. The van der Waals surface area contributed by atoms with Gasteiger partial charge in [0, 0.05) is 23.3 Å². The maximum Gasteiger partial charge on any atom is 0.156 e. The van der Waals surface area contributed by atoms with Gasteiger partial charge in [-0.15, -0.1) is 0 Å². The molecule has 3 rings (SSSR count). The minimum Gasteiger partial charge on any atom is -0.325 e. The molecule has 0 saturated heterocycles. The molecule has 5 heteroatoms. The molecule has 2 aromatic heterocycles. The Hall–Kier alpha value is -1.55. The summed E-state index contributed by atoms with van der Waals surface area (Å²) >= 11 is 12.1. The molecule has 1 aromatic carbocycles. The van der Waals surface area contributed by atoms with Crippen LogP contribution in [0.2, 0.25) is 10.0 Å². The van der Waals surface area contributed by atoms with Crippen molar-refractivity contribution in [2.45, 2.75) is 6.54 Å². The zero-order chi connectivity index (χ0) is 13.4. The van der Waals surface area contributed by atoms with Crippen molar-refractivity contribution in [2.75, 3.05) is 0 Å². The second-order valence-electron chi connectivity index (χ2n) is 4.17. The summed E-state index contributed by atoms with van der Waals surface area (Å²) in [4.78, 5) is 4.59. The first-order valence-corrected chi connectivity index (χ1v) is 6.58. The van der Waals surface area contributed by atoms with Crippen LogP contribution in [-0.4, -0.2) is 9.38 Å². The van der Waals surface area contributed by atoms with E-state index in [4.69, 9.17) is 28.9 Å². The van der Waals surface area contributed by atoms with Crippen LogP contribution in [0.5, 0.6) is 0 Å². The van der Waals surface area contributed by atoms with Gasteiger partial charge < -0.3 is 10.1 Å². The molecule has 0 spiro atoms. The summed E-state index contributed by atoms with van der Waals surface area (Å²) < 4.78 is 1.92. The third kappa shape index (κ3) is 2.10. The quantitative estimate of drug-likeness (QED) is 0.781. The van der Waals surface area contributed by atoms with E-state index >= 15 is 0 Å². The van der Waals surface area contributed by atoms with Crippen molar-refractivity contribution in [3.8, 4) is 11.3 Å². The molecule has 0 aliphatic rings. The molecule has 0 unspecified atom stereocenters. The van der Waals surface area contributed by atoms with Crippen LogP contribution < -0.4 is 5.73 Å². The zero-order valence-corrected chi connectivity index (χ0v) is 11.5. The lowest BCUT2D eigenvalue weighted by Crippen LogP contribution is -2.02. The number of hydrogen-bond donors (Lipinski definition) is 1. The molecule has 3 aromatic rings. The molecule has 0 fully saturated rings. The Labute approximate surface area is 120 Å². The molecule has 3 nitrogen and oxygen atoms in total. The van der Waals surface area contributed by atoms with Crippen molar-refractivity contribution in [1.82, 2.24) is 9.38 Å². The van der Waals surface area contributed by atoms with Gasteiger partial charge in [-0.05, 0) is 24.3 Å². The van der Waals surface area contributed by atoms with Crippen molar-refractivity contribution < 1.29 is 0 Å². The van der Waals surface area contributed by atoms with Crippen LogP contribution in [0.3, 0.4) is 0 Å². The Bertz CT molecular complexity index is 732. The number of pyridine rings is 1. The van der Waals surface area contributed by atoms with Gasteiger partial charge in [0.2, 0.25) is 0 Å². The smallest absolute Gasteiger partial charge is 0.156 e. The molecule has 0 aliphatic carbocycles. The number of hydrogen-bond acceptors (Lipinski definition) is 2. The van der Waals surface area contributed by atoms with Gasteiger partial charge in [-0.1, -0.05) is 35.3 Å². The second kappa shape index (κ2) is 4.85. The molecule has 0 radical (unpaired) electrons. The van der Waals surface area contributed by atoms with E-state index in [1.807, 2.05) is 47.0 Å². The Balaban J connectivity index is 2.29. The normalized spacial score (nSPS) is 11.1. The Morgan fingerprint density at radius 3 is 2.53 bits per heavy atom. The lowest BCUT2D eigenvalue weighted by Gasteiger charge is -2.02. The zero-order valence-electron chi connectivity index (χ0n) is 9.98. The number of nitrogens with zero attached hydrogens (tertiary/aromatic N) is 2. The fourth-order valence-corrected chi connectivity index (χ4v) is 2.45. The number of fused-ring (bicyclic) bond motifs is 1. The number of benzene rings is 1. The van der Waals surface area contributed by atoms with Crippen LogP contribution in [0.1, 0.15) is 5.69 Å². The van der Waals surface area contributed by atoms with Crippen LogP contribution in [0.4, 0.5) is 0 Å². The minimum absolute atomic E-state index is 0.388. The first-order valence-electron chi connectivity index (χ1n) is 5.82. The van der Waals surface area contributed by atoms with Crippen LogP contribution in [-0.2, 0) is 6.54 Å². The van der Waals surface area contributed by atoms with Gasteiger partial charge in [0.15, 0.2) is 5.65 Å². The van der Waals surface area contributed by atoms with Crippen molar-refractivity contribution in [3.63, 3.8) is 0 Å². The maximum absolute atomic E-state index is 6.17. The van der Waals surface area contributed by atoms with Crippen LogP contribution in [0, 0.1) is 0 Å². The number of imidazole rings is 1. The maximum atomic E-state index is 6.17. The lowest BCUT2D eigenvalue weighted by atomic mass is 10.1. The molecule has 0 saturated carbocycles. The van der Waals surface area contributed by atoms with E-state index in [0.717, 1.165) is 22.6 Å². The van der Waals surface area contributed by atoms with Gasteiger partial charge in [-0.25, -0.2) is 4.98 Å². The first kappa shape index (κ1) is 12.5. The lowest BCUT2D eigenvalue weighted by molar-refractivity contribution is 0.962. The minimum atomic E-state index is 0.388. The number of aromatic nitrogens is 2. The van der Waals surface area contributed by atoms with Crippen molar-refractivity contribution in [2.24, 2.45) is 5.73 Å². The van der Waals surface area contributed by atoms with E-state index in [1.165, 1.54) is 0 Å². The molecule has 2 heterocycles. The third-order valence-electron chi connectivity index (χ3n) is 3.01. The van der Waals surface area contributed by atoms with Gasteiger partial charge in [-0.3, -0.25) is 0 Å².